The van der Waals surface area contributed by atoms with Gasteiger partial charge in [-0.15, -0.1) is 0 Å². The molecule has 8 heteroatoms. The van der Waals surface area contributed by atoms with Gasteiger partial charge in [0, 0.05) is 44.1 Å². The zero-order valence-corrected chi connectivity index (χ0v) is 16.1. The van der Waals surface area contributed by atoms with Crippen LogP contribution in [-0.2, 0) is 17.1 Å². The Kier molecular flexibility index (Phi) is 4.04. The van der Waals surface area contributed by atoms with Crippen molar-refractivity contribution in [1.82, 2.24) is 9.97 Å². The number of hydrogen-bond donors (Lipinski definition) is 1. The molecule has 0 radical (unpaired) electrons. The number of alkyl halides is 2. The van der Waals surface area contributed by atoms with Crippen LogP contribution < -0.4 is 9.80 Å². The molecule has 1 saturated carbocycles. The van der Waals surface area contributed by atoms with Gasteiger partial charge in [-0.05, 0) is 50.4 Å². The van der Waals surface area contributed by atoms with E-state index < -0.39 is 11.9 Å². The fraction of sp³-hybridized carbons (Fsp3) is 0.750. The largest absolute Gasteiger partial charge is 0.481 e. The van der Waals surface area contributed by atoms with Crippen molar-refractivity contribution in [2.75, 3.05) is 29.4 Å². The molecule has 0 amide bonds. The number of halogens is 2. The van der Waals surface area contributed by atoms with Crippen LogP contribution in [0.3, 0.4) is 0 Å². The molecule has 0 bridgehead atoms. The lowest BCUT2D eigenvalue weighted by molar-refractivity contribution is -0.137. The average Bonchev–Trinajstić information content (AvgIpc) is 3.10. The van der Waals surface area contributed by atoms with E-state index in [9.17, 15) is 13.6 Å². The molecule has 0 unspecified atom stereocenters. The van der Waals surface area contributed by atoms with Crippen LogP contribution in [0.5, 0.6) is 0 Å². The molecule has 6 nitrogen and oxygen atoms in total. The summed E-state index contributed by atoms with van der Waals surface area (Å²) in [6.45, 7) is 4.30. The Hall–Kier alpha value is -1.99. The fourth-order valence-corrected chi connectivity index (χ4v) is 5.29. The van der Waals surface area contributed by atoms with Crippen LogP contribution in [0.2, 0.25) is 0 Å². The number of carboxylic acids is 1. The number of piperidine rings is 1. The molecule has 4 aliphatic rings. The van der Waals surface area contributed by atoms with Gasteiger partial charge in [0.1, 0.15) is 11.5 Å². The topological polar surface area (TPSA) is 69.6 Å². The first-order valence-corrected chi connectivity index (χ1v) is 10.4. The van der Waals surface area contributed by atoms with Crippen molar-refractivity contribution in [3.63, 3.8) is 0 Å². The highest BCUT2D eigenvalue weighted by Crippen LogP contribution is 2.55. The minimum Gasteiger partial charge on any atom is -0.481 e. The second-order valence-corrected chi connectivity index (χ2v) is 8.91. The van der Waals surface area contributed by atoms with Crippen molar-refractivity contribution in [2.45, 2.75) is 57.4 Å². The molecule has 2 aliphatic heterocycles. The zero-order valence-electron chi connectivity index (χ0n) is 16.1. The first kappa shape index (κ1) is 18.1. The summed E-state index contributed by atoms with van der Waals surface area (Å²) >= 11 is 0. The van der Waals surface area contributed by atoms with E-state index in [1.807, 2.05) is 4.90 Å². The van der Waals surface area contributed by atoms with Crippen LogP contribution in [0.25, 0.3) is 0 Å². The second kappa shape index (κ2) is 6.26. The number of carbonyl (C=O) groups is 1. The maximum absolute atomic E-state index is 14.9. The molecule has 1 aromatic rings. The standard InChI is InChI=1S/C20H26F2N4O2/c1-11-5-7-26(11)19-23-17-12(4-2-3-6-20(17,21)22)18(24-19)25-9-14-13(8-16(27)28)15(14)10-25/h11,13-15H,2-10H2,1H3,(H,27,28)/t11-,13-,14-,15+/m0/s1. The third-order valence-corrected chi connectivity index (χ3v) is 7.15. The molecule has 152 valence electrons. The summed E-state index contributed by atoms with van der Waals surface area (Å²) in [6, 6.07) is 0.275. The number of nitrogens with zero attached hydrogens (tertiary/aromatic N) is 4. The van der Waals surface area contributed by atoms with E-state index in [-0.39, 0.29) is 30.5 Å². The van der Waals surface area contributed by atoms with E-state index >= 15 is 0 Å². The Morgan fingerprint density at radius 3 is 2.61 bits per heavy atom. The van der Waals surface area contributed by atoms with E-state index in [0.29, 0.717) is 55.1 Å². The highest BCUT2D eigenvalue weighted by Gasteiger charge is 2.57. The van der Waals surface area contributed by atoms with E-state index in [4.69, 9.17) is 10.1 Å². The molecule has 4 atom stereocenters. The maximum atomic E-state index is 14.9. The number of aromatic nitrogens is 2. The summed E-state index contributed by atoms with van der Waals surface area (Å²) in [7, 11) is 0. The Labute approximate surface area is 162 Å². The predicted octanol–water partition coefficient (Wildman–Crippen LogP) is 3.05. The third-order valence-electron chi connectivity index (χ3n) is 7.15. The Morgan fingerprint density at radius 1 is 1.25 bits per heavy atom. The van der Waals surface area contributed by atoms with Gasteiger partial charge in [-0.25, -0.2) is 4.98 Å². The van der Waals surface area contributed by atoms with Crippen molar-refractivity contribution in [3.05, 3.63) is 11.3 Å². The van der Waals surface area contributed by atoms with Crippen LogP contribution >= 0.6 is 0 Å². The van der Waals surface area contributed by atoms with Gasteiger partial charge < -0.3 is 14.9 Å². The molecule has 3 fully saturated rings. The van der Waals surface area contributed by atoms with Crippen molar-refractivity contribution in [2.24, 2.45) is 17.8 Å². The number of hydrogen-bond acceptors (Lipinski definition) is 5. The highest BCUT2D eigenvalue weighted by molar-refractivity contribution is 5.68. The fourth-order valence-electron chi connectivity index (χ4n) is 5.29. The number of rotatable bonds is 4. The van der Waals surface area contributed by atoms with Gasteiger partial charge in [-0.3, -0.25) is 4.79 Å². The number of fused-ring (bicyclic) bond motifs is 2. The molecule has 2 saturated heterocycles. The van der Waals surface area contributed by atoms with Gasteiger partial charge in [-0.1, -0.05) is 0 Å². The maximum Gasteiger partial charge on any atom is 0.303 e. The van der Waals surface area contributed by atoms with E-state index in [0.717, 1.165) is 19.4 Å². The van der Waals surface area contributed by atoms with Gasteiger partial charge in [0.15, 0.2) is 0 Å². The molecule has 1 aromatic heterocycles. The summed E-state index contributed by atoms with van der Waals surface area (Å²) in [6.07, 6.45) is 2.87. The van der Waals surface area contributed by atoms with E-state index in [1.165, 1.54) is 0 Å². The predicted molar refractivity (Wildman–Crippen MR) is 99.8 cm³/mol. The van der Waals surface area contributed by atoms with E-state index in [2.05, 4.69) is 16.8 Å². The number of anilines is 2. The van der Waals surface area contributed by atoms with Gasteiger partial charge >= 0.3 is 5.97 Å². The lowest BCUT2D eigenvalue weighted by Crippen LogP contribution is -2.47. The Balaban J connectivity index is 1.49. The van der Waals surface area contributed by atoms with Crippen LogP contribution in [0.4, 0.5) is 20.5 Å². The van der Waals surface area contributed by atoms with Crippen LogP contribution in [-0.4, -0.2) is 46.7 Å². The Morgan fingerprint density at radius 2 is 2.00 bits per heavy atom. The minimum atomic E-state index is -2.92. The minimum absolute atomic E-state index is 0.0771. The molecular formula is C20H26F2N4O2. The summed E-state index contributed by atoms with van der Waals surface area (Å²) in [5, 5.41) is 9.04. The van der Waals surface area contributed by atoms with Gasteiger partial charge in [0.05, 0.1) is 0 Å². The second-order valence-electron chi connectivity index (χ2n) is 8.91. The molecule has 28 heavy (non-hydrogen) atoms. The van der Waals surface area contributed by atoms with Crippen molar-refractivity contribution >= 4 is 17.7 Å². The van der Waals surface area contributed by atoms with Crippen molar-refractivity contribution in [3.8, 4) is 0 Å². The van der Waals surface area contributed by atoms with E-state index in [1.54, 1.807) is 0 Å². The average molecular weight is 392 g/mol. The van der Waals surface area contributed by atoms with Gasteiger partial charge in [0.2, 0.25) is 5.95 Å². The summed E-state index contributed by atoms with van der Waals surface area (Å²) in [5.41, 5.74) is 0.530. The number of carboxylic acid groups (broad SMARTS) is 1. The first-order chi connectivity index (χ1) is 13.3. The summed E-state index contributed by atoms with van der Waals surface area (Å²) in [4.78, 5) is 24.3. The summed E-state index contributed by atoms with van der Waals surface area (Å²) < 4.78 is 29.8. The quantitative estimate of drug-likeness (QED) is 0.795. The van der Waals surface area contributed by atoms with Crippen molar-refractivity contribution < 1.29 is 18.7 Å². The zero-order chi connectivity index (χ0) is 19.6. The van der Waals surface area contributed by atoms with Crippen LogP contribution in [0, 0.1) is 17.8 Å². The van der Waals surface area contributed by atoms with Crippen LogP contribution in [0.1, 0.15) is 50.3 Å². The molecule has 0 spiro atoms. The highest BCUT2D eigenvalue weighted by atomic mass is 19.3. The smallest absolute Gasteiger partial charge is 0.303 e. The molecule has 2 aliphatic carbocycles. The SMILES string of the molecule is C[C@H]1CCN1c1nc(N2C[C@@H]3[C@@H](CC(=O)O)[C@@H]3C2)c2c(n1)C(F)(F)CCCC2. The van der Waals surface area contributed by atoms with Gasteiger partial charge in [-0.2, -0.15) is 13.8 Å². The third kappa shape index (κ3) is 2.83. The molecule has 0 aromatic carbocycles. The molecule has 5 rings (SSSR count). The lowest BCUT2D eigenvalue weighted by Gasteiger charge is -2.39. The summed E-state index contributed by atoms with van der Waals surface area (Å²) in [5.74, 6) is -1.65. The molecular weight excluding hydrogens is 366 g/mol. The first-order valence-electron chi connectivity index (χ1n) is 10.4. The Bertz CT molecular complexity index is 806. The molecule has 3 heterocycles. The normalized spacial score (nSPS) is 33.0. The molecule has 1 N–H and O–H groups in total. The lowest BCUT2D eigenvalue weighted by atomic mass is 10.0. The van der Waals surface area contributed by atoms with Gasteiger partial charge in [0.25, 0.3) is 5.92 Å². The van der Waals surface area contributed by atoms with Crippen molar-refractivity contribution in [1.29, 1.82) is 0 Å². The van der Waals surface area contributed by atoms with Crippen LogP contribution in [0.15, 0.2) is 0 Å². The number of aliphatic carboxylic acids is 1. The monoisotopic (exact) mass is 392 g/mol.